The highest BCUT2D eigenvalue weighted by molar-refractivity contribution is 5.76. The summed E-state index contributed by atoms with van der Waals surface area (Å²) in [7, 11) is 0. The van der Waals surface area contributed by atoms with Crippen molar-refractivity contribution in [2.75, 3.05) is 0 Å². The Kier molecular flexibility index (Phi) is 5.65. The van der Waals surface area contributed by atoms with Crippen LogP contribution in [-0.2, 0) is 9.53 Å². The Morgan fingerprint density at radius 2 is 2.18 bits per heavy atom. The Bertz CT molecular complexity index is 264. The van der Waals surface area contributed by atoms with Crippen LogP contribution >= 0.6 is 0 Å². The number of carbonyl (C=O) groups is 1. The molecular formula is C13H22O4. The highest BCUT2D eigenvalue weighted by atomic mass is 16.6. The molecule has 4 atom stereocenters. The molecule has 0 aromatic heterocycles. The van der Waals surface area contributed by atoms with Gasteiger partial charge in [0.1, 0.15) is 18.1 Å². The number of cyclic esters (lactones) is 1. The van der Waals surface area contributed by atoms with Crippen LogP contribution in [0, 0.1) is 5.92 Å². The molecule has 0 aromatic rings. The summed E-state index contributed by atoms with van der Waals surface area (Å²) >= 11 is 0. The zero-order valence-corrected chi connectivity index (χ0v) is 10.3. The zero-order chi connectivity index (χ0) is 12.8. The Balaban J connectivity index is 2.29. The number of esters is 1. The second-order valence-electron chi connectivity index (χ2n) is 4.65. The van der Waals surface area contributed by atoms with E-state index < -0.39 is 30.2 Å². The molecule has 1 fully saturated rings. The van der Waals surface area contributed by atoms with E-state index >= 15 is 0 Å². The lowest BCUT2D eigenvalue weighted by Gasteiger charge is -2.18. The number of ether oxygens (including phenoxy) is 1. The minimum Gasteiger partial charge on any atom is -0.460 e. The summed E-state index contributed by atoms with van der Waals surface area (Å²) in [5.74, 6) is -1.26. The standard InChI is InChI=1S/C13H22O4/c1-3-4-5-6-7-8-10(14)11-12(15)9(2)17-13(11)16/h3,9-12,14-15H,1,4-8H2,2H3/t9-,10?,11-,12+/m0/s1. The fourth-order valence-electron chi connectivity index (χ4n) is 2.15. The Morgan fingerprint density at radius 1 is 1.47 bits per heavy atom. The van der Waals surface area contributed by atoms with Crippen molar-refractivity contribution in [3.63, 3.8) is 0 Å². The van der Waals surface area contributed by atoms with Crippen molar-refractivity contribution in [2.45, 2.75) is 57.3 Å². The summed E-state index contributed by atoms with van der Waals surface area (Å²) in [5.41, 5.74) is 0. The summed E-state index contributed by atoms with van der Waals surface area (Å²) in [6.45, 7) is 5.28. The predicted molar refractivity (Wildman–Crippen MR) is 64.3 cm³/mol. The summed E-state index contributed by atoms with van der Waals surface area (Å²) in [6.07, 6.45) is 4.07. The topological polar surface area (TPSA) is 66.8 Å². The lowest BCUT2D eigenvalue weighted by atomic mass is 9.92. The minimum atomic E-state index is -0.884. The van der Waals surface area contributed by atoms with Gasteiger partial charge in [-0.15, -0.1) is 6.58 Å². The first kappa shape index (κ1) is 14.2. The number of allylic oxidation sites excluding steroid dienone is 1. The van der Waals surface area contributed by atoms with Gasteiger partial charge < -0.3 is 14.9 Å². The third kappa shape index (κ3) is 3.82. The summed E-state index contributed by atoms with van der Waals surface area (Å²) < 4.78 is 4.89. The maximum absolute atomic E-state index is 11.4. The monoisotopic (exact) mass is 242 g/mol. The molecule has 0 amide bonds. The lowest BCUT2D eigenvalue weighted by Crippen LogP contribution is -2.34. The summed E-state index contributed by atoms with van der Waals surface area (Å²) in [4.78, 5) is 11.4. The largest absolute Gasteiger partial charge is 0.460 e. The van der Waals surface area contributed by atoms with Gasteiger partial charge in [0.25, 0.3) is 0 Å². The third-order valence-electron chi connectivity index (χ3n) is 3.25. The molecule has 1 saturated heterocycles. The molecule has 0 bridgehead atoms. The number of hydrogen-bond donors (Lipinski definition) is 2. The molecule has 0 aromatic carbocycles. The molecule has 1 heterocycles. The molecular weight excluding hydrogens is 220 g/mol. The molecule has 1 unspecified atom stereocenters. The number of rotatable bonds is 7. The average molecular weight is 242 g/mol. The molecule has 17 heavy (non-hydrogen) atoms. The molecule has 0 radical (unpaired) electrons. The van der Waals surface area contributed by atoms with Gasteiger partial charge in [0.15, 0.2) is 0 Å². The highest BCUT2D eigenvalue weighted by Gasteiger charge is 2.45. The van der Waals surface area contributed by atoms with Gasteiger partial charge >= 0.3 is 5.97 Å². The van der Waals surface area contributed by atoms with Gasteiger partial charge in [-0.25, -0.2) is 0 Å². The van der Waals surface area contributed by atoms with Crippen LogP contribution in [-0.4, -0.2) is 34.5 Å². The summed E-state index contributed by atoms with van der Waals surface area (Å²) in [6, 6.07) is 0. The maximum atomic E-state index is 11.4. The minimum absolute atomic E-state index is 0.483. The first-order chi connectivity index (χ1) is 8.07. The van der Waals surface area contributed by atoms with E-state index in [1.54, 1.807) is 6.92 Å². The van der Waals surface area contributed by atoms with Crippen molar-refractivity contribution in [1.29, 1.82) is 0 Å². The fraction of sp³-hybridized carbons (Fsp3) is 0.769. The van der Waals surface area contributed by atoms with E-state index in [2.05, 4.69) is 6.58 Å². The van der Waals surface area contributed by atoms with E-state index in [1.165, 1.54) is 0 Å². The number of hydrogen-bond acceptors (Lipinski definition) is 4. The van der Waals surface area contributed by atoms with Crippen LogP contribution in [0.4, 0.5) is 0 Å². The van der Waals surface area contributed by atoms with E-state index in [-0.39, 0.29) is 0 Å². The van der Waals surface area contributed by atoms with Crippen molar-refractivity contribution >= 4 is 5.97 Å². The summed E-state index contributed by atoms with van der Waals surface area (Å²) in [5, 5.41) is 19.6. The molecule has 1 aliphatic rings. The first-order valence-corrected chi connectivity index (χ1v) is 6.25. The van der Waals surface area contributed by atoms with Crippen LogP contribution in [0.15, 0.2) is 12.7 Å². The number of aliphatic hydroxyl groups is 2. The second kappa shape index (κ2) is 6.77. The predicted octanol–water partition coefficient (Wildman–Crippen LogP) is 1.41. The third-order valence-corrected chi connectivity index (χ3v) is 3.25. The van der Waals surface area contributed by atoms with E-state index in [0.29, 0.717) is 6.42 Å². The van der Waals surface area contributed by atoms with Crippen molar-refractivity contribution in [3.05, 3.63) is 12.7 Å². The number of carbonyl (C=O) groups excluding carboxylic acids is 1. The van der Waals surface area contributed by atoms with Gasteiger partial charge in [-0.3, -0.25) is 4.79 Å². The molecule has 0 spiro atoms. The Hall–Kier alpha value is -0.870. The van der Waals surface area contributed by atoms with Crippen molar-refractivity contribution < 1.29 is 19.7 Å². The normalized spacial score (nSPS) is 30.1. The van der Waals surface area contributed by atoms with Crippen LogP contribution in [0.2, 0.25) is 0 Å². The van der Waals surface area contributed by atoms with Gasteiger partial charge in [0.05, 0.1) is 6.10 Å². The van der Waals surface area contributed by atoms with E-state index in [9.17, 15) is 15.0 Å². The number of aliphatic hydroxyl groups excluding tert-OH is 2. The quantitative estimate of drug-likeness (QED) is 0.402. The van der Waals surface area contributed by atoms with Crippen LogP contribution in [0.25, 0.3) is 0 Å². The van der Waals surface area contributed by atoms with Gasteiger partial charge in [-0.05, 0) is 26.2 Å². The van der Waals surface area contributed by atoms with E-state index in [1.807, 2.05) is 6.08 Å². The zero-order valence-electron chi connectivity index (χ0n) is 10.3. The molecule has 4 heteroatoms. The van der Waals surface area contributed by atoms with Gasteiger partial charge in [0.2, 0.25) is 0 Å². The maximum Gasteiger partial charge on any atom is 0.314 e. The Morgan fingerprint density at radius 3 is 2.71 bits per heavy atom. The molecule has 1 aliphatic heterocycles. The van der Waals surface area contributed by atoms with Gasteiger partial charge in [0, 0.05) is 0 Å². The molecule has 0 aliphatic carbocycles. The van der Waals surface area contributed by atoms with Crippen molar-refractivity contribution in [3.8, 4) is 0 Å². The Labute approximate surface area is 102 Å². The van der Waals surface area contributed by atoms with E-state index in [4.69, 9.17) is 4.74 Å². The van der Waals surface area contributed by atoms with Crippen LogP contribution < -0.4 is 0 Å². The van der Waals surface area contributed by atoms with Crippen LogP contribution in [0.5, 0.6) is 0 Å². The van der Waals surface area contributed by atoms with Crippen LogP contribution in [0.1, 0.15) is 39.0 Å². The van der Waals surface area contributed by atoms with Crippen molar-refractivity contribution in [1.82, 2.24) is 0 Å². The smallest absolute Gasteiger partial charge is 0.314 e. The van der Waals surface area contributed by atoms with Gasteiger partial charge in [-0.2, -0.15) is 0 Å². The second-order valence-corrected chi connectivity index (χ2v) is 4.65. The molecule has 4 nitrogen and oxygen atoms in total. The van der Waals surface area contributed by atoms with E-state index in [0.717, 1.165) is 25.7 Å². The molecule has 1 rings (SSSR count). The number of unbranched alkanes of at least 4 members (excludes halogenated alkanes) is 3. The highest BCUT2D eigenvalue weighted by Crippen LogP contribution is 2.27. The van der Waals surface area contributed by atoms with Crippen LogP contribution in [0.3, 0.4) is 0 Å². The molecule has 0 saturated carbocycles. The lowest BCUT2D eigenvalue weighted by molar-refractivity contribution is -0.146. The van der Waals surface area contributed by atoms with Crippen molar-refractivity contribution in [2.24, 2.45) is 5.92 Å². The average Bonchev–Trinajstić information content (AvgIpc) is 2.53. The SMILES string of the molecule is C=CCCCCCC(O)[C@@H]1C(=O)O[C@@H](C)[C@H]1O. The molecule has 2 N–H and O–H groups in total. The fourth-order valence-corrected chi connectivity index (χ4v) is 2.15. The van der Waals surface area contributed by atoms with Gasteiger partial charge in [-0.1, -0.05) is 18.9 Å². The first-order valence-electron chi connectivity index (χ1n) is 6.25. The molecule has 98 valence electrons.